The number of anilines is 1. The van der Waals surface area contributed by atoms with Gasteiger partial charge in [0.25, 0.3) is 5.91 Å². The third-order valence-corrected chi connectivity index (χ3v) is 4.23. The van der Waals surface area contributed by atoms with Gasteiger partial charge in [0.1, 0.15) is 0 Å². The van der Waals surface area contributed by atoms with Crippen molar-refractivity contribution in [3.05, 3.63) is 60.0 Å². The van der Waals surface area contributed by atoms with E-state index < -0.39 is 0 Å². The van der Waals surface area contributed by atoms with Crippen LogP contribution in [0.3, 0.4) is 0 Å². The Morgan fingerprint density at radius 3 is 2.53 bits per heavy atom. The van der Waals surface area contributed by atoms with Crippen LogP contribution in [0.1, 0.15) is 10.4 Å². The van der Waals surface area contributed by atoms with Crippen LogP contribution in [0.15, 0.2) is 40.9 Å². The molecule has 6 heteroatoms. The first-order chi connectivity index (χ1) is 8.97. The van der Waals surface area contributed by atoms with Crippen molar-refractivity contribution >= 4 is 73.3 Å². The molecule has 0 saturated heterocycles. The molecular weight excluding hydrogens is 464 g/mol. The minimum atomic E-state index is -0.244. The van der Waals surface area contributed by atoms with Gasteiger partial charge in [0.15, 0.2) is 0 Å². The van der Waals surface area contributed by atoms with Gasteiger partial charge in [-0.1, -0.05) is 23.2 Å². The van der Waals surface area contributed by atoms with E-state index in [-0.39, 0.29) is 5.91 Å². The number of amides is 1. The Balaban J connectivity index is 2.25. The van der Waals surface area contributed by atoms with Crippen LogP contribution >= 0.6 is 61.7 Å². The molecule has 0 aliphatic carbocycles. The largest absolute Gasteiger partial charge is 0.321 e. The maximum Gasteiger partial charge on any atom is 0.256 e. The lowest BCUT2D eigenvalue weighted by atomic mass is 10.2. The Kier molecular flexibility index (Phi) is 5.11. The molecule has 0 saturated carbocycles. The zero-order valence-electron chi connectivity index (χ0n) is 9.38. The summed E-state index contributed by atoms with van der Waals surface area (Å²) < 4.78 is 1.65. The monoisotopic (exact) mass is 469 g/mol. The van der Waals surface area contributed by atoms with Gasteiger partial charge < -0.3 is 5.32 Å². The Bertz CT molecular complexity index is 649. The number of rotatable bonds is 2. The van der Waals surface area contributed by atoms with Gasteiger partial charge in [-0.3, -0.25) is 4.79 Å². The molecule has 2 nitrogen and oxygen atoms in total. The van der Waals surface area contributed by atoms with Gasteiger partial charge in [-0.25, -0.2) is 0 Å². The van der Waals surface area contributed by atoms with Crippen LogP contribution in [0.5, 0.6) is 0 Å². The van der Waals surface area contributed by atoms with Crippen LogP contribution < -0.4 is 5.32 Å². The van der Waals surface area contributed by atoms with E-state index in [4.69, 9.17) is 23.2 Å². The normalized spacial score (nSPS) is 10.3. The summed E-state index contributed by atoms with van der Waals surface area (Å²) in [5.41, 5.74) is 1.08. The molecule has 0 unspecified atom stereocenters. The lowest BCUT2D eigenvalue weighted by molar-refractivity contribution is 0.102. The van der Waals surface area contributed by atoms with Crippen molar-refractivity contribution in [2.24, 2.45) is 0 Å². The molecule has 2 aromatic rings. The number of carbonyl (C=O) groups is 1. The number of benzene rings is 2. The van der Waals surface area contributed by atoms with Gasteiger partial charge in [-0.2, -0.15) is 0 Å². The average Bonchev–Trinajstić information content (AvgIpc) is 2.32. The van der Waals surface area contributed by atoms with E-state index in [9.17, 15) is 4.79 Å². The molecule has 0 aliphatic heterocycles. The van der Waals surface area contributed by atoms with Gasteiger partial charge in [0.05, 0.1) is 16.3 Å². The molecule has 1 amide bonds. The van der Waals surface area contributed by atoms with E-state index in [1.54, 1.807) is 30.3 Å². The van der Waals surface area contributed by atoms with Crippen LogP contribution in [0.4, 0.5) is 5.69 Å². The van der Waals surface area contributed by atoms with Gasteiger partial charge >= 0.3 is 0 Å². The number of hydrogen-bond donors (Lipinski definition) is 1. The summed E-state index contributed by atoms with van der Waals surface area (Å²) >= 11 is 17.4. The highest BCUT2D eigenvalue weighted by molar-refractivity contribution is 14.1. The zero-order valence-corrected chi connectivity index (χ0v) is 14.6. The molecule has 0 bridgehead atoms. The lowest BCUT2D eigenvalue weighted by Crippen LogP contribution is -2.12. The quantitative estimate of drug-likeness (QED) is 0.568. The molecule has 0 aliphatic rings. The Labute approximate surface area is 142 Å². The van der Waals surface area contributed by atoms with E-state index in [1.807, 2.05) is 6.07 Å². The predicted molar refractivity (Wildman–Crippen MR) is 91.3 cm³/mol. The summed E-state index contributed by atoms with van der Waals surface area (Å²) in [5.74, 6) is -0.244. The van der Waals surface area contributed by atoms with Gasteiger partial charge in [0, 0.05) is 13.1 Å². The highest BCUT2D eigenvalue weighted by Crippen LogP contribution is 2.26. The molecule has 0 spiro atoms. The van der Waals surface area contributed by atoms with Crippen molar-refractivity contribution in [1.29, 1.82) is 0 Å². The number of nitrogens with one attached hydrogen (secondary N) is 1. The second-order valence-electron chi connectivity index (χ2n) is 3.70. The van der Waals surface area contributed by atoms with Gasteiger partial charge in [-0.15, -0.1) is 0 Å². The lowest BCUT2D eigenvalue weighted by Gasteiger charge is -2.09. The van der Waals surface area contributed by atoms with E-state index in [0.717, 1.165) is 3.57 Å². The number of hydrogen-bond acceptors (Lipinski definition) is 1. The Hall–Kier alpha value is -0.300. The maximum absolute atomic E-state index is 12.1. The first-order valence-corrected chi connectivity index (χ1v) is 7.81. The summed E-state index contributed by atoms with van der Waals surface area (Å²) in [6.07, 6.45) is 0. The fourth-order valence-electron chi connectivity index (χ4n) is 1.45. The van der Waals surface area contributed by atoms with Crippen molar-refractivity contribution < 1.29 is 4.79 Å². The average molecular weight is 471 g/mol. The van der Waals surface area contributed by atoms with Gasteiger partial charge in [-0.05, 0) is 74.9 Å². The summed E-state index contributed by atoms with van der Waals surface area (Å²) in [5, 5.41) is 3.84. The SMILES string of the molecule is O=C(Nc1ccc(I)cc1Cl)c1ccc(Cl)cc1Br. The molecular formula is C13H7BrCl2INO. The van der Waals surface area contributed by atoms with Crippen LogP contribution in [0, 0.1) is 3.57 Å². The second-order valence-corrected chi connectivity index (χ2v) is 6.65. The van der Waals surface area contributed by atoms with Crippen molar-refractivity contribution in [1.82, 2.24) is 0 Å². The van der Waals surface area contributed by atoms with Crippen LogP contribution in [-0.4, -0.2) is 5.91 Å². The van der Waals surface area contributed by atoms with Crippen LogP contribution in [0.2, 0.25) is 10.0 Å². The van der Waals surface area contributed by atoms with Crippen molar-refractivity contribution in [2.45, 2.75) is 0 Å². The fourth-order valence-corrected chi connectivity index (χ4v) is 3.22. The molecule has 2 aromatic carbocycles. The first-order valence-electron chi connectivity index (χ1n) is 5.19. The second kappa shape index (κ2) is 6.43. The highest BCUT2D eigenvalue weighted by Gasteiger charge is 2.12. The van der Waals surface area contributed by atoms with E-state index in [1.165, 1.54) is 0 Å². The topological polar surface area (TPSA) is 29.1 Å². The molecule has 1 N–H and O–H groups in total. The Morgan fingerprint density at radius 1 is 1.16 bits per heavy atom. The molecule has 0 atom stereocenters. The van der Waals surface area contributed by atoms with E-state index in [2.05, 4.69) is 43.8 Å². The molecule has 0 radical (unpaired) electrons. The first kappa shape index (κ1) is 15.1. The van der Waals surface area contributed by atoms with Crippen molar-refractivity contribution in [3.8, 4) is 0 Å². The standard InChI is InChI=1S/C13H7BrCl2INO/c14-10-5-7(15)1-3-9(10)13(19)18-12-4-2-8(17)6-11(12)16/h1-6H,(H,18,19). The minimum absolute atomic E-state index is 0.244. The van der Waals surface area contributed by atoms with Crippen LogP contribution in [0.25, 0.3) is 0 Å². The van der Waals surface area contributed by atoms with E-state index in [0.29, 0.717) is 25.8 Å². The van der Waals surface area contributed by atoms with Crippen molar-refractivity contribution in [3.63, 3.8) is 0 Å². The molecule has 0 aromatic heterocycles. The molecule has 0 heterocycles. The van der Waals surface area contributed by atoms with Crippen LogP contribution in [-0.2, 0) is 0 Å². The zero-order chi connectivity index (χ0) is 14.0. The third kappa shape index (κ3) is 3.84. The molecule has 0 fully saturated rings. The summed E-state index contributed by atoms with van der Waals surface area (Å²) in [6.45, 7) is 0. The number of halogens is 4. The highest BCUT2D eigenvalue weighted by atomic mass is 127. The van der Waals surface area contributed by atoms with E-state index >= 15 is 0 Å². The third-order valence-electron chi connectivity index (χ3n) is 2.36. The summed E-state index contributed by atoms with van der Waals surface area (Å²) in [6, 6.07) is 10.4. The summed E-state index contributed by atoms with van der Waals surface area (Å²) in [4.78, 5) is 12.1. The fraction of sp³-hybridized carbons (Fsp3) is 0. The molecule has 98 valence electrons. The van der Waals surface area contributed by atoms with Gasteiger partial charge in [0.2, 0.25) is 0 Å². The minimum Gasteiger partial charge on any atom is -0.321 e. The number of carbonyl (C=O) groups excluding carboxylic acids is 1. The molecule has 2 rings (SSSR count). The maximum atomic E-state index is 12.1. The smallest absolute Gasteiger partial charge is 0.256 e. The Morgan fingerprint density at radius 2 is 1.89 bits per heavy atom. The molecule has 19 heavy (non-hydrogen) atoms. The summed E-state index contributed by atoms with van der Waals surface area (Å²) in [7, 11) is 0. The predicted octanol–water partition coefficient (Wildman–Crippen LogP) is 5.61. The van der Waals surface area contributed by atoms with Crippen molar-refractivity contribution in [2.75, 3.05) is 5.32 Å².